The molecule has 0 aliphatic carbocycles. The minimum Gasteiger partial charge on any atom is -0.132 e. The molecule has 0 aromatic carbocycles. The normalized spacial score (nSPS) is 10.0. The molecule has 0 rings (SSSR count). The molecule has 0 aromatic rings. The first-order chi connectivity index (χ1) is 3.27. The van der Waals surface area contributed by atoms with Crippen LogP contribution in [0, 0.1) is 0 Å². The SMILES string of the molecule is CC/C=C/C(=S)S. The van der Waals surface area contributed by atoms with Gasteiger partial charge in [-0.3, -0.25) is 0 Å². The fourth-order valence-corrected chi connectivity index (χ4v) is 0.420. The molecule has 40 valence electrons. The van der Waals surface area contributed by atoms with Crippen LogP contribution in [0.15, 0.2) is 12.2 Å². The van der Waals surface area contributed by atoms with Gasteiger partial charge in [0, 0.05) is 0 Å². The molecule has 0 spiro atoms. The third-order valence-corrected chi connectivity index (χ3v) is 0.781. The summed E-state index contributed by atoms with van der Waals surface area (Å²) in [6.45, 7) is 2.06. The Morgan fingerprint density at radius 2 is 2.43 bits per heavy atom. The smallest absolute Gasteiger partial charge is 0.0672 e. The molecular weight excluding hydrogens is 124 g/mol. The van der Waals surface area contributed by atoms with Crippen LogP contribution in [0.25, 0.3) is 0 Å². The summed E-state index contributed by atoms with van der Waals surface area (Å²) >= 11 is 8.52. The molecule has 7 heavy (non-hydrogen) atoms. The molecule has 0 heterocycles. The van der Waals surface area contributed by atoms with E-state index < -0.39 is 0 Å². The highest BCUT2D eigenvalue weighted by Gasteiger charge is 1.71. The van der Waals surface area contributed by atoms with E-state index in [4.69, 9.17) is 0 Å². The largest absolute Gasteiger partial charge is 0.132 e. The minimum absolute atomic E-state index is 0.654. The van der Waals surface area contributed by atoms with Crippen LogP contribution in [-0.4, -0.2) is 4.20 Å². The first-order valence-corrected chi connectivity index (χ1v) is 3.02. The Kier molecular flexibility index (Phi) is 4.45. The topological polar surface area (TPSA) is 0 Å². The number of thiocarbonyl (C=S) groups is 1. The highest BCUT2D eigenvalue weighted by atomic mass is 32.1. The molecular formula is C5H8S2. The average molecular weight is 132 g/mol. The molecule has 0 amide bonds. The second-order valence-electron chi connectivity index (χ2n) is 1.15. The summed E-state index contributed by atoms with van der Waals surface area (Å²) in [4.78, 5) is 0. The van der Waals surface area contributed by atoms with Gasteiger partial charge < -0.3 is 0 Å². The van der Waals surface area contributed by atoms with Crippen LogP contribution in [0.2, 0.25) is 0 Å². The molecule has 0 aliphatic heterocycles. The van der Waals surface area contributed by atoms with Crippen LogP contribution >= 0.6 is 24.8 Å². The molecule has 0 aliphatic rings. The van der Waals surface area contributed by atoms with E-state index in [0.717, 1.165) is 6.42 Å². The lowest BCUT2D eigenvalue weighted by molar-refractivity contribution is 1.23. The summed E-state index contributed by atoms with van der Waals surface area (Å²) in [5, 5.41) is 0. The molecule has 0 atom stereocenters. The lowest BCUT2D eigenvalue weighted by atomic mass is 10.4. The van der Waals surface area contributed by atoms with E-state index in [2.05, 4.69) is 31.8 Å². The second kappa shape index (κ2) is 4.34. The van der Waals surface area contributed by atoms with Gasteiger partial charge in [0.1, 0.15) is 0 Å². The number of hydrogen-bond donors (Lipinski definition) is 1. The van der Waals surface area contributed by atoms with E-state index in [-0.39, 0.29) is 0 Å². The van der Waals surface area contributed by atoms with E-state index in [0.29, 0.717) is 4.20 Å². The van der Waals surface area contributed by atoms with Gasteiger partial charge in [-0.25, -0.2) is 0 Å². The summed E-state index contributed by atoms with van der Waals surface area (Å²) in [6.07, 6.45) is 4.83. The molecule has 0 radical (unpaired) electrons. The number of hydrogen-bond acceptors (Lipinski definition) is 1. The zero-order valence-corrected chi connectivity index (χ0v) is 5.93. The standard InChI is InChI=1S/C5H8S2/c1-2-3-4-5(6)7/h3-4H,2H2,1H3,(H,6,7)/b4-3+. The van der Waals surface area contributed by atoms with Crippen molar-refractivity contribution in [3.63, 3.8) is 0 Å². The predicted molar refractivity (Wildman–Crippen MR) is 41.0 cm³/mol. The Balaban J connectivity index is 3.26. The van der Waals surface area contributed by atoms with Crippen molar-refractivity contribution in [2.45, 2.75) is 13.3 Å². The summed E-state index contributed by atoms with van der Waals surface area (Å²) in [5.74, 6) is 0. The van der Waals surface area contributed by atoms with E-state index in [1.54, 1.807) is 0 Å². The zero-order valence-electron chi connectivity index (χ0n) is 4.22. The second-order valence-corrected chi connectivity index (χ2v) is 2.37. The highest BCUT2D eigenvalue weighted by Crippen LogP contribution is 1.87. The molecule has 0 N–H and O–H groups in total. The van der Waals surface area contributed by atoms with E-state index in [1.165, 1.54) is 0 Å². The van der Waals surface area contributed by atoms with Gasteiger partial charge in [0.25, 0.3) is 0 Å². The van der Waals surface area contributed by atoms with Gasteiger partial charge in [-0.15, -0.1) is 12.6 Å². The van der Waals surface area contributed by atoms with Crippen molar-refractivity contribution in [3.05, 3.63) is 12.2 Å². The molecule has 2 heteroatoms. The number of rotatable bonds is 2. The van der Waals surface area contributed by atoms with E-state index >= 15 is 0 Å². The molecule has 0 aromatic heterocycles. The van der Waals surface area contributed by atoms with Crippen molar-refractivity contribution in [2.24, 2.45) is 0 Å². The van der Waals surface area contributed by atoms with Crippen LogP contribution in [0.3, 0.4) is 0 Å². The number of allylic oxidation sites excluding steroid dienone is 1. The van der Waals surface area contributed by atoms with Crippen molar-refractivity contribution in [1.29, 1.82) is 0 Å². The third kappa shape index (κ3) is 6.18. The molecule has 0 nitrogen and oxygen atoms in total. The Morgan fingerprint density at radius 1 is 1.86 bits per heavy atom. The molecule has 0 saturated carbocycles. The minimum atomic E-state index is 0.654. The lowest BCUT2D eigenvalue weighted by Gasteiger charge is -1.76. The van der Waals surface area contributed by atoms with Crippen molar-refractivity contribution in [3.8, 4) is 0 Å². The maximum Gasteiger partial charge on any atom is 0.0672 e. The van der Waals surface area contributed by atoms with Gasteiger partial charge in [0.2, 0.25) is 0 Å². The van der Waals surface area contributed by atoms with Crippen LogP contribution in [-0.2, 0) is 0 Å². The monoisotopic (exact) mass is 132 g/mol. The number of thiol groups is 1. The maximum absolute atomic E-state index is 4.64. The Bertz CT molecular complexity index is 84.1. The summed E-state index contributed by atoms with van der Waals surface area (Å²) in [5.41, 5.74) is 0. The van der Waals surface area contributed by atoms with Gasteiger partial charge in [0.05, 0.1) is 4.20 Å². The summed E-state index contributed by atoms with van der Waals surface area (Å²) < 4.78 is 0.654. The van der Waals surface area contributed by atoms with Crippen molar-refractivity contribution in [1.82, 2.24) is 0 Å². The highest BCUT2D eigenvalue weighted by molar-refractivity contribution is 8.11. The van der Waals surface area contributed by atoms with Crippen LogP contribution in [0.1, 0.15) is 13.3 Å². The molecule has 0 bridgehead atoms. The fraction of sp³-hybridized carbons (Fsp3) is 0.400. The molecule has 0 fully saturated rings. The van der Waals surface area contributed by atoms with Crippen molar-refractivity contribution >= 4 is 29.0 Å². The lowest BCUT2D eigenvalue weighted by Crippen LogP contribution is -1.67. The molecule has 0 saturated heterocycles. The van der Waals surface area contributed by atoms with Crippen molar-refractivity contribution < 1.29 is 0 Å². The van der Waals surface area contributed by atoms with Gasteiger partial charge >= 0.3 is 0 Å². The summed E-state index contributed by atoms with van der Waals surface area (Å²) in [7, 11) is 0. The Hall–Kier alpha value is 0.180. The predicted octanol–water partition coefficient (Wildman–Crippen LogP) is 2.21. The zero-order chi connectivity index (χ0) is 5.70. The average Bonchev–Trinajstić information content (AvgIpc) is 1.61. The Labute approximate surface area is 55.0 Å². The van der Waals surface area contributed by atoms with Crippen LogP contribution in [0.4, 0.5) is 0 Å². The maximum atomic E-state index is 4.64. The van der Waals surface area contributed by atoms with Crippen molar-refractivity contribution in [2.75, 3.05) is 0 Å². The first-order valence-electron chi connectivity index (χ1n) is 2.17. The van der Waals surface area contributed by atoms with Crippen LogP contribution in [0.5, 0.6) is 0 Å². The quantitative estimate of drug-likeness (QED) is 0.341. The van der Waals surface area contributed by atoms with E-state index in [9.17, 15) is 0 Å². The van der Waals surface area contributed by atoms with Gasteiger partial charge in [0.15, 0.2) is 0 Å². The first kappa shape index (κ1) is 7.18. The van der Waals surface area contributed by atoms with Gasteiger partial charge in [-0.2, -0.15) is 0 Å². The van der Waals surface area contributed by atoms with E-state index in [1.807, 2.05) is 12.2 Å². The Morgan fingerprint density at radius 3 is 2.57 bits per heavy atom. The van der Waals surface area contributed by atoms with Crippen LogP contribution < -0.4 is 0 Å². The summed E-state index contributed by atoms with van der Waals surface area (Å²) in [6, 6.07) is 0. The van der Waals surface area contributed by atoms with Gasteiger partial charge in [-0.05, 0) is 12.5 Å². The molecule has 0 unspecified atom stereocenters. The van der Waals surface area contributed by atoms with Gasteiger partial charge in [-0.1, -0.05) is 25.2 Å². The third-order valence-electron chi connectivity index (χ3n) is 0.496. The fourth-order valence-electron chi connectivity index (χ4n) is 0.219.